The lowest BCUT2D eigenvalue weighted by atomic mass is 9.84. The van der Waals surface area contributed by atoms with E-state index in [0.29, 0.717) is 15.7 Å². The monoisotopic (exact) mass is 364 g/mol. The van der Waals surface area contributed by atoms with Crippen LogP contribution in [0, 0.1) is 5.41 Å². The van der Waals surface area contributed by atoms with E-state index in [9.17, 15) is 4.79 Å². The predicted molar refractivity (Wildman–Crippen MR) is 82.7 cm³/mol. The molecule has 104 valence electrons. The SMILES string of the molecule is CC1(C(=O)Nc2c(Cl)cc(Br)cc2Cl)CCCC1N. The Labute approximate surface area is 131 Å². The van der Waals surface area contributed by atoms with Gasteiger partial charge in [-0.25, -0.2) is 0 Å². The maximum absolute atomic E-state index is 12.4. The average Bonchev–Trinajstić information content (AvgIpc) is 2.65. The highest BCUT2D eigenvalue weighted by Crippen LogP contribution is 2.40. The van der Waals surface area contributed by atoms with E-state index in [4.69, 9.17) is 28.9 Å². The van der Waals surface area contributed by atoms with Crippen molar-refractivity contribution >= 4 is 50.7 Å². The lowest BCUT2D eigenvalue weighted by Crippen LogP contribution is -2.44. The fourth-order valence-electron chi connectivity index (χ4n) is 2.39. The first kappa shape index (κ1) is 15.1. The summed E-state index contributed by atoms with van der Waals surface area (Å²) >= 11 is 15.5. The third kappa shape index (κ3) is 2.92. The number of rotatable bonds is 2. The van der Waals surface area contributed by atoms with Crippen LogP contribution in [0.2, 0.25) is 10.0 Å². The molecule has 0 aliphatic heterocycles. The molecule has 2 unspecified atom stereocenters. The maximum Gasteiger partial charge on any atom is 0.231 e. The largest absolute Gasteiger partial charge is 0.327 e. The van der Waals surface area contributed by atoms with Gasteiger partial charge in [0.25, 0.3) is 0 Å². The van der Waals surface area contributed by atoms with Crippen LogP contribution in [-0.4, -0.2) is 11.9 Å². The zero-order chi connectivity index (χ0) is 14.2. The van der Waals surface area contributed by atoms with Crippen molar-refractivity contribution in [3.63, 3.8) is 0 Å². The highest BCUT2D eigenvalue weighted by molar-refractivity contribution is 9.10. The molecule has 1 aliphatic rings. The third-order valence-corrected chi connectivity index (χ3v) is 4.85. The predicted octanol–water partition coefficient (Wildman–Crippen LogP) is 4.21. The van der Waals surface area contributed by atoms with Crippen LogP contribution in [0.25, 0.3) is 0 Å². The molecule has 3 nitrogen and oxygen atoms in total. The van der Waals surface area contributed by atoms with E-state index in [1.807, 2.05) is 6.92 Å². The summed E-state index contributed by atoms with van der Waals surface area (Å²) in [5.41, 5.74) is 5.92. The number of halogens is 3. The molecule has 3 N–H and O–H groups in total. The number of amides is 1. The second kappa shape index (κ2) is 5.60. The highest BCUT2D eigenvalue weighted by atomic mass is 79.9. The van der Waals surface area contributed by atoms with Crippen LogP contribution < -0.4 is 11.1 Å². The molecule has 2 atom stereocenters. The molecule has 0 aromatic heterocycles. The molecule has 0 bridgehead atoms. The van der Waals surface area contributed by atoms with Gasteiger partial charge in [0.05, 0.1) is 21.1 Å². The van der Waals surface area contributed by atoms with Crippen molar-refractivity contribution in [2.24, 2.45) is 11.1 Å². The molecule has 1 saturated carbocycles. The van der Waals surface area contributed by atoms with E-state index >= 15 is 0 Å². The van der Waals surface area contributed by atoms with Crippen molar-refractivity contribution in [3.8, 4) is 0 Å². The summed E-state index contributed by atoms with van der Waals surface area (Å²) < 4.78 is 0.768. The van der Waals surface area contributed by atoms with E-state index in [2.05, 4.69) is 21.2 Å². The average molecular weight is 366 g/mol. The van der Waals surface area contributed by atoms with Gasteiger partial charge in [0.2, 0.25) is 5.91 Å². The summed E-state index contributed by atoms with van der Waals surface area (Å²) in [5, 5.41) is 3.63. The van der Waals surface area contributed by atoms with Gasteiger partial charge in [-0.1, -0.05) is 45.6 Å². The summed E-state index contributed by atoms with van der Waals surface area (Å²) in [4.78, 5) is 12.4. The summed E-state index contributed by atoms with van der Waals surface area (Å²) in [5.74, 6) is -0.122. The van der Waals surface area contributed by atoms with Crippen molar-refractivity contribution in [1.29, 1.82) is 0 Å². The smallest absolute Gasteiger partial charge is 0.231 e. The fraction of sp³-hybridized carbons (Fsp3) is 0.462. The first-order valence-electron chi connectivity index (χ1n) is 6.06. The zero-order valence-electron chi connectivity index (χ0n) is 10.5. The van der Waals surface area contributed by atoms with E-state index in [-0.39, 0.29) is 11.9 Å². The van der Waals surface area contributed by atoms with E-state index in [1.54, 1.807) is 12.1 Å². The Morgan fingerprint density at radius 3 is 2.53 bits per heavy atom. The molecule has 0 radical (unpaired) electrons. The molecule has 6 heteroatoms. The Bertz CT molecular complexity index is 500. The van der Waals surface area contributed by atoms with E-state index < -0.39 is 5.41 Å². The molecule has 19 heavy (non-hydrogen) atoms. The second-order valence-corrected chi connectivity index (χ2v) is 6.84. The summed E-state index contributed by atoms with van der Waals surface area (Å²) in [7, 11) is 0. The standard InChI is InChI=1S/C13H15BrCl2N2O/c1-13(4-2-3-10(13)17)12(19)18-11-8(15)5-7(14)6-9(11)16/h5-6,10H,2-4,17H2,1H3,(H,18,19). The first-order chi connectivity index (χ1) is 8.84. The number of nitrogens with two attached hydrogens (primary N) is 1. The normalized spacial score (nSPS) is 26.5. The third-order valence-electron chi connectivity index (χ3n) is 3.79. The lowest BCUT2D eigenvalue weighted by molar-refractivity contribution is -0.125. The van der Waals surface area contributed by atoms with Gasteiger partial charge in [-0.3, -0.25) is 4.79 Å². The minimum atomic E-state index is -0.556. The number of hydrogen-bond donors (Lipinski definition) is 2. The van der Waals surface area contributed by atoms with Crippen LogP contribution >= 0.6 is 39.1 Å². The molecule has 2 rings (SSSR count). The molecule has 1 aromatic carbocycles. The molecule has 0 heterocycles. The number of carbonyl (C=O) groups excluding carboxylic acids is 1. The van der Waals surface area contributed by atoms with Gasteiger partial charge < -0.3 is 11.1 Å². The van der Waals surface area contributed by atoms with Crippen molar-refractivity contribution in [2.75, 3.05) is 5.32 Å². The molecular weight excluding hydrogens is 351 g/mol. The zero-order valence-corrected chi connectivity index (χ0v) is 13.6. The van der Waals surface area contributed by atoms with Crippen molar-refractivity contribution in [3.05, 3.63) is 26.7 Å². The number of carbonyl (C=O) groups is 1. The van der Waals surface area contributed by atoms with Gasteiger partial charge in [0, 0.05) is 10.5 Å². The summed E-state index contributed by atoms with van der Waals surface area (Å²) in [6.45, 7) is 1.89. The molecule has 0 saturated heterocycles. The van der Waals surface area contributed by atoms with E-state index in [0.717, 1.165) is 23.7 Å². The Kier molecular flexibility index (Phi) is 4.45. The van der Waals surface area contributed by atoms with Gasteiger partial charge in [-0.05, 0) is 31.9 Å². The van der Waals surface area contributed by atoms with Crippen LogP contribution in [0.4, 0.5) is 5.69 Å². The van der Waals surface area contributed by atoms with Gasteiger partial charge in [0.1, 0.15) is 0 Å². The minimum absolute atomic E-state index is 0.122. The highest BCUT2D eigenvalue weighted by Gasteiger charge is 2.43. The van der Waals surface area contributed by atoms with Gasteiger partial charge >= 0.3 is 0 Å². The molecule has 1 aliphatic carbocycles. The number of hydrogen-bond acceptors (Lipinski definition) is 2. The molecule has 0 spiro atoms. The molecular formula is C13H15BrCl2N2O. The Morgan fingerprint density at radius 2 is 2.05 bits per heavy atom. The molecule has 1 amide bonds. The topological polar surface area (TPSA) is 55.1 Å². The van der Waals surface area contributed by atoms with Crippen LogP contribution in [0.1, 0.15) is 26.2 Å². The molecule has 1 aromatic rings. The molecule has 1 fully saturated rings. The second-order valence-electron chi connectivity index (χ2n) is 5.11. The number of nitrogens with one attached hydrogen (secondary N) is 1. The quantitative estimate of drug-likeness (QED) is 0.824. The summed E-state index contributed by atoms with van der Waals surface area (Å²) in [6.07, 6.45) is 2.62. The Hall–Kier alpha value is -0.290. The van der Waals surface area contributed by atoms with Crippen molar-refractivity contribution in [2.45, 2.75) is 32.2 Å². The van der Waals surface area contributed by atoms with Gasteiger partial charge in [-0.2, -0.15) is 0 Å². The Balaban J connectivity index is 2.25. The fourth-order valence-corrected chi connectivity index (χ4v) is 3.70. The maximum atomic E-state index is 12.4. The number of anilines is 1. The van der Waals surface area contributed by atoms with Crippen LogP contribution in [-0.2, 0) is 4.79 Å². The van der Waals surface area contributed by atoms with Gasteiger partial charge in [0.15, 0.2) is 0 Å². The van der Waals surface area contributed by atoms with Crippen LogP contribution in [0.3, 0.4) is 0 Å². The van der Waals surface area contributed by atoms with Crippen molar-refractivity contribution in [1.82, 2.24) is 0 Å². The van der Waals surface area contributed by atoms with Crippen molar-refractivity contribution < 1.29 is 4.79 Å². The Morgan fingerprint density at radius 1 is 1.47 bits per heavy atom. The van der Waals surface area contributed by atoms with E-state index in [1.165, 1.54) is 0 Å². The minimum Gasteiger partial charge on any atom is -0.327 e. The van der Waals surface area contributed by atoms with Crippen LogP contribution in [0.15, 0.2) is 16.6 Å². The number of benzene rings is 1. The van der Waals surface area contributed by atoms with Gasteiger partial charge in [-0.15, -0.1) is 0 Å². The van der Waals surface area contributed by atoms with Crippen LogP contribution in [0.5, 0.6) is 0 Å². The first-order valence-corrected chi connectivity index (χ1v) is 7.61. The summed E-state index contributed by atoms with van der Waals surface area (Å²) in [6, 6.07) is 3.26. The lowest BCUT2D eigenvalue weighted by Gasteiger charge is -2.28.